The molecule has 0 saturated carbocycles. The van der Waals surface area contributed by atoms with Crippen molar-refractivity contribution in [1.29, 1.82) is 5.26 Å². The molecule has 0 heterocycles. The smallest absolute Gasteiger partial charge is 0.241 e. The lowest BCUT2D eigenvalue weighted by atomic mass is 10.0. The lowest BCUT2D eigenvalue weighted by molar-refractivity contribution is -0.118. The molecule has 0 aliphatic heterocycles. The molecule has 0 spiro atoms. The van der Waals surface area contributed by atoms with Crippen LogP contribution >= 0.6 is 23.2 Å². The number of hydrogen-bond acceptors (Lipinski definition) is 2. The van der Waals surface area contributed by atoms with E-state index in [1.807, 2.05) is 13.0 Å². The second kappa shape index (κ2) is 6.48. The van der Waals surface area contributed by atoms with Crippen molar-refractivity contribution in [3.05, 3.63) is 28.2 Å². The quantitative estimate of drug-likeness (QED) is 0.903. The van der Waals surface area contributed by atoms with Crippen LogP contribution in [0.4, 0.5) is 5.69 Å². The van der Waals surface area contributed by atoms with E-state index in [0.717, 1.165) is 6.42 Å². The number of nitriles is 1. The summed E-state index contributed by atoms with van der Waals surface area (Å²) in [6.07, 6.45) is 1.32. The molecule has 17 heavy (non-hydrogen) atoms. The summed E-state index contributed by atoms with van der Waals surface area (Å²) >= 11 is 11.6. The maximum absolute atomic E-state index is 11.7. The van der Waals surface area contributed by atoms with Gasteiger partial charge in [0.2, 0.25) is 5.91 Å². The van der Waals surface area contributed by atoms with E-state index >= 15 is 0 Å². The van der Waals surface area contributed by atoms with E-state index in [1.54, 1.807) is 18.2 Å². The SMILES string of the molecule is CCCC(C#N)C(=O)Nc1cc(Cl)cc(Cl)c1. The first-order chi connectivity index (χ1) is 8.06. The predicted molar refractivity (Wildman–Crippen MR) is 69.1 cm³/mol. The molecule has 1 N–H and O–H groups in total. The van der Waals surface area contributed by atoms with E-state index in [-0.39, 0.29) is 5.91 Å². The lowest BCUT2D eigenvalue weighted by Crippen LogP contribution is -2.21. The first kappa shape index (κ1) is 13.8. The summed E-state index contributed by atoms with van der Waals surface area (Å²) in [4.78, 5) is 11.7. The molecule has 1 atom stereocenters. The Morgan fingerprint density at radius 2 is 2.00 bits per heavy atom. The van der Waals surface area contributed by atoms with Gasteiger partial charge in [-0.25, -0.2) is 0 Å². The molecule has 0 aromatic heterocycles. The minimum atomic E-state index is -0.641. The van der Waals surface area contributed by atoms with Crippen molar-refractivity contribution in [3.63, 3.8) is 0 Å². The van der Waals surface area contributed by atoms with Crippen LogP contribution in [0.1, 0.15) is 19.8 Å². The van der Waals surface area contributed by atoms with Crippen LogP contribution in [0.5, 0.6) is 0 Å². The third-order valence-electron chi connectivity index (χ3n) is 2.18. The van der Waals surface area contributed by atoms with Gasteiger partial charge in [-0.05, 0) is 24.6 Å². The zero-order valence-electron chi connectivity index (χ0n) is 9.34. The third-order valence-corrected chi connectivity index (χ3v) is 2.62. The van der Waals surface area contributed by atoms with Gasteiger partial charge in [0.25, 0.3) is 0 Å². The molecule has 0 aliphatic rings. The molecule has 0 fully saturated rings. The van der Waals surface area contributed by atoms with Gasteiger partial charge in [0.15, 0.2) is 0 Å². The van der Waals surface area contributed by atoms with Crippen LogP contribution in [0.2, 0.25) is 10.0 Å². The highest BCUT2D eigenvalue weighted by molar-refractivity contribution is 6.35. The van der Waals surface area contributed by atoms with E-state index in [0.29, 0.717) is 22.2 Å². The molecule has 1 aromatic carbocycles. The van der Waals surface area contributed by atoms with Gasteiger partial charge in [-0.15, -0.1) is 0 Å². The van der Waals surface area contributed by atoms with Gasteiger partial charge in [-0.1, -0.05) is 36.5 Å². The van der Waals surface area contributed by atoms with E-state index in [9.17, 15) is 4.79 Å². The molecule has 1 unspecified atom stereocenters. The molecule has 0 aliphatic carbocycles. The number of halogens is 2. The number of nitrogens with one attached hydrogen (secondary N) is 1. The van der Waals surface area contributed by atoms with Crippen molar-refractivity contribution in [2.45, 2.75) is 19.8 Å². The van der Waals surface area contributed by atoms with Crippen LogP contribution in [0.25, 0.3) is 0 Å². The fourth-order valence-corrected chi connectivity index (χ4v) is 1.92. The fourth-order valence-electron chi connectivity index (χ4n) is 1.40. The van der Waals surface area contributed by atoms with E-state index in [2.05, 4.69) is 5.32 Å². The van der Waals surface area contributed by atoms with Crippen LogP contribution in [0.3, 0.4) is 0 Å². The van der Waals surface area contributed by atoms with Gasteiger partial charge < -0.3 is 5.32 Å². The van der Waals surface area contributed by atoms with E-state index in [1.165, 1.54) is 0 Å². The monoisotopic (exact) mass is 270 g/mol. The maximum atomic E-state index is 11.7. The Bertz CT molecular complexity index is 434. The van der Waals surface area contributed by atoms with Crippen molar-refractivity contribution in [3.8, 4) is 6.07 Å². The molecule has 1 amide bonds. The van der Waals surface area contributed by atoms with E-state index in [4.69, 9.17) is 28.5 Å². The normalized spacial score (nSPS) is 11.6. The summed E-state index contributed by atoms with van der Waals surface area (Å²) in [7, 11) is 0. The average molecular weight is 271 g/mol. The molecule has 0 bridgehead atoms. The van der Waals surface area contributed by atoms with Crippen LogP contribution in [0.15, 0.2) is 18.2 Å². The minimum absolute atomic E-state index is 0.326. The maximum Gasteiger partial charge on any atom is 0.241 e. The number of rotatable bonds is 4. The fraction of sp³-hybridized carbons (Fsp3) is 0.333. The van der Waals surface area contributed by atoms with Crippen LogP contribution in [0, 0.1) is 17.2 Å². The standard InChI is InChI=1S/C12H12Cl2N2O/c1-2-3-8(7-15)12(17)16-11-5-9(13)4-10(14)6-11/h4-6,8H,2-3H2,1H3,(H,16,17). The molecule has 5 heteroatoms. The Labute approximate surface area is 110 Å². The number of carbonyl (C=O) groups is 1. The molecule has 1 rings (SSSR count). The second-order valence-corrected chi connectivity index (χ2v) is 4.49. The molecule has 90 valence electrons. The van der Waals surface area contributed by atoms with Gasteiger partial charge in [0.1, 0.15) is 5.92 Å². The van der Waals surface area contributed by atoms with Gasteiger partial charge in [0, 0.05) is 15.7 Å². The highest BCUT2D eigenvalue weighted by Gasteiger charge is 2.16. The second-order valence-electron chi connectivity index (χ2n) is 3.62. The number of benzene rings is 1. The Kier molecular flexibility index (Phi) is 5.27. The predicted octanol–water partition coefficient (Wildman–Crippen LogP) is 3.87. The van der Waals surface area contributed by atoms with Crippen molar-refractivity contribution >= 4 is 34.8 Å². The topological polar surface area (TPSA) is 52.9 Å². The number of nitrogens with zero attached hydrogens (tertiary/aromatic N) is 1. The summed E-state index contributed by atoms with van der Waals surface area (Å²) in [5, 5.41) is 12.4. The Morgan fingerprint density at radius 1 is 1.41 bits per heavy atom. The third kappa shape index (κ3) is 4.26. The average Bonchev–Trinajstić information content (AvgIpc) is 2.24. The van der Waals surface area contributed by atoms with Crippen molar-refractivity contribution < 1.29 is 4.79 Å². The molecule has 1 aromatic rings. The van der Waals surface area contributed by atoms with Crippen molar-refractivity contribution in [2.75, 3.05) is 5.32 Å². The van der Waals surface area contributed by atoms with Gasteiger partial charge in [0.05, 0.1) is 6.07 Å². The number of carbonyl (C=O) groups excluding carboxylic acids is 1. The zero-order chi connectivity index (χ0) is 12.8. The van der Waals surface area contributed by atoms with Crippen LogP contribution in [-0.4, -0.2) is 5.91 Å². The molecule has 0 radical (unpaired) electrons. The Morgan fingerprint density at radius 3 is 2.47 bits per heavy atom. The lowest BCUT2D eigenvalue weighted by Gasteiger charge is -2.09. The summed E-state index contributed by atoms with van der Waals surface area (Å²) in [5.41, 5.74) is 0.504. The number of anilines is 1. The van der Waals surface area contributed by atoms with Crippen molar-refractivity contribution in [1.82, 2.24) is 0 Å². The highest BCUT2D eigenvalue weighted by atomic mass is 35.5. The molecule has 0 saturated heterocycles. The van der Waals surface area contributed by atoms with Gasteiger partial charge in [-0.3, -0.25) is 4.79 Å². The first-order valence-corrected chi connectivity index (χ1v) is 5.99. The summed E-state index contributed by atoms with van der Waals surface area (Å²) < 4.78 is 0. The van der Waals surface area contributed by atoms with E-state index < -0.39 is 5.92 Å². The number of hydrogen-bond donors (Lipinski definition) is 1. The number of amides is 1. The summed E-state index contributed by atoms with van der Waals surface area (Å²) in [6, 6.07) is 6.73. The summed E-state index contributed by atoms with van der Waals surface area (Å²) in [6.45, 7) is 1.92. The molecular weight excluding hydrogens is 259 g/mol. The molecular formula is C12H12Cl2N2O. The van der Waals surface area contributed by atoms with Gasteiger partial charge >= 0.3 is 0 Å². The Hall–Kier alpha value is -1.24. The van der Waals surface area contributed by atoms with Crippen LogP contribution in [-0.2, 0) is 4.79 Å². The molecule has 3 nitrogen and oxygen atoms in total. The summed E-state index contributed by atoms with van der Waals surface area (Å²) in [5.74, 6) is -0.967. The highest BCUT2D eigenvalue weighted by Crippen LogP contribution is 2.23. The zero-order valence-corrected chi connectivity index (χ0v) is 10.8. The van der Waals surface area contributed by atoms with Gasteiger partial charge in [-0.2, -0.15) is 5.26 Å². The van der Waals surface area contributed by atoms with Crippen LogP contribution < -0.4 is 5.32 Å². The Balaban J connectivity index is 2.77. The van der Waals surface area contributed by atoms with Crippen molar-refractivity contribution in [2.24, 2.45) is 5.92 Å². The minimum Gasteiger partial charge on any atom is -0.325 e. The largest absolute Gasteiger partial charge is 0.325 e. The first-order valence-electron chi connectivity index (χ1n) is 5.23.